The summed E-state index contributed by atoms with van der Waals surface area (Å²) in [6.45, 7) is 8.74. The van der Waals surface area contributed by atoms with E-state index in [0.717, 1.165) is 58.1 Å². The summed E-state index contributed by atoms with van der Waals surface area (Å²) in [5.74, 6) is 1.79. The molecule has 0 bridgehead atoms. The summed E-state index contributed by atoms with van der Waals surface area (Å²) in [6, 6.07) is 15.7. The number of quaternary nitrogens is 2. The topological polar surface area (TPSA) is 43.2 Å². The van der Waals surface area contributed by atoms with Gasteiger partial charge in [-0.1, -0.05) is 0 Å². The Balaban J connectivity index is 1.19. The van der Waals surface area contributed by atoms with Gasteiger partial charge in [-0.15, -0.1) is 0 Å². The van der Waals surface area contributed by atoms with E-state index >= 15 is 0 Å². The predicted molar refractivity (Wildman–Crippen MR) is 137 cm³/mol. The van der Waals surface area contributed by atoms with Crippen LogP contribution in [0.2, 0.25) is 0 Å². The summed E-state index contributed by atoms with van der Waals surface area (Å²) in [7, 11) is 4.70. The Bertz CT molecular complexity index is 824. The number of benzene rings is 2. The number of likely N-dealkylation sites (N-methyl/N-ethyl adjacent to an activating group) is 2. The zero-order valence-electron chi connectivity index (χ0n) is 21.1. The molecule has 2 aromatic carbocycles. The maximum absolute atomic E-state index is 5.98. The van der Waals surface area contributed by atoms with E-state index in [2.05, 4.69) is 24.3 Å². The van der Waals surface area contributed by atoms with Crippen molar-refractivity contribution in [2.24, 2.45) is 10.2 Å². The molecule has 0 saturated carbocycles. The molecule has 6 nitrogen and oxygen atoms in total. The number of nitrogens with zero attached hydrogens (tertiary/aromatic N) is 4. The lowest BCUT2D eigenvalue weighted by molar-refractivity contribution is -0.914. The van der Waals surface area contributed by atoms with Crippen LogP contribution in [0.4, 0.5) is 11.4 Å². The Morgan fingerprint density at radius 3 is 1.26 bits per heavy atom. The van der Waals surface area contributed by atoms with Crippen molar-refractivity contribution in [2.45, 2.75) is 38.5 Å². The Kier molecular flexibility index (Phi) is 8.57. The van der Waals surface area contributed by atoms with Crippen molar-refractivity contribution in [1.29, 1.82) is 0 Å². The Labute approximate surface area is 205 Å². The highest BCUT2D eigenvalue weighted by atomic mass is 16.5. The molecule has 4 rings (SSSR count). The first-order valence-electron chi connectivity index (χ1n) is 13.1. The third-order valence-electron chi connectivity index (χ3n) is 7.55. The van der Waals surface area contributed by atoms with E-state index in [0.29, 0.717) is 0 Å². The number of hydrogen-bond acceptors (Lipinski definition) is 4. The highest BCUT2D eigenvalue weighted by Crippen LogP contribution is 2.24. The van der Waals surface area contributed by atoms with Gasteiger partial charge >= 0.3 is 0 Å². The first-order valence-corrected chi connectivity index (χ1v) is 13.1. The maximum atomic E-state index is 5.98. The van der Waals surface area contributed by atoms with Gasteiger partial charge < -0.3 is 18.4 Å². The van der Waals surface area contributed by atoms with Crippen LogP contribution in [-0.4, -0.2) is 75.5 Å². The monoisotopic (exact) mass is 466 g/mol. The van der Waals surface area contributed by atoms with Crippen LogP contribution in [0, 0.1) is 0 Å². The molecule has 0 N–H and O–H groups in total. The van der Waals surface area contributed by atoms with E-state index in [1.54, 1.807) is 0 Å². The van der Waals surface area contributed by atoms with E-state index in [1.807, 2.05) is 48.5 Å². The number of hydrogen-bond donors (Lipinski definition) is 0. The molecule has 0 atom stereocenters. The summed E-state index contributed by atoms with van der Waals surface area (Å²) in [6.07, 6.45) is 8.11. The standard InChI is InChI=1S/C28H42N4O2/c1-31(17-5-3-6-18-31)21-23-33-27-13-9-25(10-14-27)29-30-26-11-15-28(16-12-26)34-24-22-32(2)19-7-4-8-20-32/h9-16H,3-8,17-24H2,1-2H3/q+2. The van der Waals surface area contributed by atoms with Gasteiger partial charge in [0, 0.05) is 0 Å². The van der Waals surface area contributed by atoms with Crippen LogP contribution in [0.1, 0.15) is 38.5 Å². The fourth-order valence-corrected chi connectivity index (χ4v) is 5.10. The van der Waals surface area contributed by atoms with Crippen LogP contribution in [0.3, 0.4) is 0 Å². The second-order valence-electron chi connectivity index (χ2n) is 10.6. The fraction of sp³-hybridized carbons (Fsp3) is 0.571. The smallest absolute Gasteiger partial charge is 0.137 e. The van der Waals surface area contributed by atoms with E-state index in [1.165, 1.54) is 64.7 Å². The summed E-state index contributed by atoms with van der Waals surface area (Å²) >= 11 is 0. The summed E-state index contributed by atoms with van der Waals surface area (Å²) in [4.78, 5) is 0. The molecule has 0 aromatic heterocycles. The number of rotatable bonds is 10. The first kappa shape index (κ1) is 24.7. The van der Waals surface area contributed by atoms with E-state index in [-0.39, 0.29) is 0 Å². The van der Waals surface area contributed by atoms with Crippen molar-refractivity contribution in [3.63, 3.8) is 0 Å². The molecule has 2 aliphatic rings. The second kappa shape index (κ2) is 11.8. The quantitative estimate of drug-likeness (QED) is 0.313. The number of likely N-dealkylation sites (tertiary alicyclic amines) is 2. The molecule has 2 heterocycles. The van der Waals surface area contributed by atoms with Gasteiger partial charge in [0.15, 0.2) is 0 Å². The van der Waals surface area contributed by atoms with Crippen LogP contribution in [0.25, 0.3) is 0 Å². The highest BCUT2D eigenvalue weighted by molar-refractivity contribution is 5.44. The number of piperidine rings is 2. The second-order valence-corrected chi connectivity index (χ2v) is 10.6. The predicted octanol–water partition coefficient (Wildman–Crippen LogP) is 6.12. The summed E-state index contributed by atoms with van der Waals surface area (Å²) in [5.41, 5.74) is 1.64. The molecule has 2 saturated heterocycles. The van der Waals surface area contributed by atoms with Gasteiger partial charge in [0.05, 0.1) is 51.6 Å². The third-order valence-corrected chi connectivity index (χ3v) is 7.55. The summed E-state index contributed by atoms with van der Waals surface area (Å²) < 4.78 is 14.2. The highest BCUT2D eigenvalue weighted by Gasteiger charge is 2.25. The molecular weight excluding hydrogens is 424 g/mol. The van der Waals surface area contributed by atoms with Gasteiger partial charge in [-0.3, -0.25) is 0 Å². The van der Waals surface area contributed by atoms with Crippen molar-refractivity contribution < 1.29 is 18.4 Å². The molecule has 2 fully saturated rings. The lowest BCUT2D eigenvalue weighted by Crippen LogP contribution is -2.50. The van der Waals surface area contributed by atoms with Crippen LogP contribution in [0.5, 0.6) is 11.5 Å². The third kappa shape index (κ3) is 7.54. The number of azo groups is 1. The minimum atomic E-state index is 0.754. The van der Waals surface area contributed by atoms with Crippen molar-refractivity contribution >= 4 is 11.4 Å². The molecule has 0 radical (unpaired) electrons. The summed E-state index contributed by atoms with van der Waals surface area (Å²) in [5, 5.41) is 8.73. The van der Waals surface area contributed by atoms with Crippen molar-refractivity contribution in [3.8, 4) is 11.5 Å². The molecule has 184 valence electrons. The van der Waals surface area contributed by atoms with Gasteiger partial charge in [0.25, 0.3) is 0 Å². The Morgan fingerprint density at radius 2 is 0.912 bits per heavy atom. The average Bonchev–Trinajstić information content (AvgIpc) is 2.85. The molecule has 0 amide bonds. The van der Waals surface area contributed by atoms with Gasteiger partial charge in [0.1, 0.15) is 37.8 Å². The zero-order valence-corrected chi connectivity index (χ0v) is 21.1. The van der Waals surface area contributed by atoms with Crippen molar-refractivity contribution in [1.82, 2.24) is 0 Å². The molecule has 6 heteroatoms. The minimum absolute atomic E-state index is 0.754. The molecule has 2 aromatic rings. The zero-order chi connectivity index (χ0) is 23.7. The van der Waals surface area contributed by atoms with Crippen molar-refractivity contribution in [3.05, 3.63) is 48.5 Å². The molecule has 2 aliphatic heterocycles. The lowest BCUT2D eigenvalue weighted by atomic mass is 10.1. The fourth-order valence-electron chi connectivity index (χ4n) is 5.10. The van der Waals surface area contributed by atoms with Gasteiger partial charge in [-0.2, -0.15) is 10.2 Å². The molecule has 0 spiro atoms. The Morgan fingerprint density at radius 1 is 0.559 bits per heavy atom. The Hall–Kier alpha value is -2.44. The van der Waals surface area contributed by atoms with Crippen molar-refractivity contribution in [2.75, 3.05) is 66.6 Å². The molecule has 0 aliphatic carbocycles. The minimum Gasteiger partial charge on any atom is -0.488 e. The van der Waals surface area contributed by atoms with Crippen LogP contribution < -0.4 is 9.47 Å². The van der Waals surface area contributed by atoms with E-state index in [9.17, 15) is 0 Å². The van der Waals surface area contributed by atoms with Gasteiger partial charge in [-0.05, 0) is 87.1 Å². The van der Waals surface area contributed by atoms with Gasteiger partial charge in [-0.25, -0.2) is 0 Å². The van der Waals surface area contributed by atoms with Crippen LogP contribution >= 0.6 is 0 Å². The largest absolute Gasteiger partial charge is 0.488 e. The maximum Gasteiger partial charge on any atom is 0.137 e. The first-order chi connectivity index (χ1) is 16.5. The van der Waals surface area contributed by atoms with Gasteiger partial charge in [0.2, 0.25) is 0 Å². The van der Waals surface area contributed by atoms with Crippen LogP contribution in [-0.2, 0) is 0 Å². The molecule has 34 heavy (non-hydrogen) atoms. The molecule has 0 unspecified atom stereocenters. The van der Waals surface area contributed by atoms with Crippen LogP contribution in [0.15, 0.2) is 58.8 Å². The number of ether oxygens (including phenoxy) is 2. The molecular formula is C28H42N4O2+2. The van der Waals surface area contributed by atoms with E-state index < -0.39 is 0 Å². The lowest BCUT2D eigenvalue weighted by Gasteiger charge is -2.37. The SMILES string of the molecule is C[N+]1(CCOc2ccc(N=Nc3ccc(OCC[N+]4(C)CCCCC4)cc3)cc2)CCCCC1. The normalized spacial score (nSPS) is 19.7. The van der Waals surface area contributed by atoms with E-state index in [4.69, 9.17) is 9.47 Å². The average molecular weight is 467 g/mol.